The first-order valence-corrected chi connectivity index (χ1v) is 9.12. The summed E-state index contributed by atoms with van der Waals surface area (Å²) in [5, 5.41) is 4.52. The van der Waals surface area contributed by atoms with E-state index in [9.17, 15) is 0 Å². The summed E-state index contributed by atoms with van der Waals surface area (Å²) < 4.78 is 7.49. The molecule has 2 heterocycles. The van der Waals surface area contributed by atoms with Crippen molar-refractivity contribution >= 4 is 11.1 Å². The third-order valence-electron chi connectivity index (χ3n) is 4.96. The standard InChI is InChI=1S/C23H18N4O/c1-15-11-18(17-7-4-3-5-8-17)12-16(2)21(15)27-23(24-13-26-27)19-9-6-10-20-22(19)28-14-25-20/h3-14H,1-2H3. The average molecular weight is 366 g/mol. The summed E-state index contributed by atoms with van der Waals surface area (Å²) >= 11 is 0. The van der Waals surface area contributed by atoms with Crippen LogP contribution in [0.25, 0.3) is 39.3 Å². The van der Waals surface area contributed by atoms with Gasteiger partial charge in [0.25, 0.3) is 0 Å². The molecule has 0 N–H and O–H groups in total. The van der Waals surface area contributed by atoms with Gasteiger partial charge < -0.3 is 4.42 Å². The maximum absolute atomic E-state index is 5.61. The zero-order valence-electron chi connectivity index (χ0n) is 15.6. The highest BCUT2D eigenvalue weighted by molar-refractivity contribution is 5.88. The first kappa shape index (κ1) is 16.4. The van der Waals surface area contributed by atoms with Gasteiger partial charge >= 0.3 is 0 Å². The van der Waals surface area contributed by atoms with E-state index in [0.717, 1.165) is 33.7 Å². The normalized spacial score (nSPS) is 11.2. The number of benzene rings is 3. The molecule has 28 heavy (non-hydrogen) atoms. The Balaban J connectivity index is 1.68. The molecule has 5 heteroatoms. The minimum atomic E-state index is 0.716. The smallest absolute Gasteiger partial charge is 0.182 e. The van der Waals surface area contributed by atoms with Gasteiger partial charge in [0.15, 0.2) is 17.8 Å². The first-order valence-electron chi connectivity index (χ1n) is 9.12. The van der Waals surface area contributed by atoms with Crippen LogP contribution in [-0.2, 0) is 0 Å². The Morgan fingerprint density at radius 3 is 2.39 bits per heavy atom. The molecule has 136 valence electrons. The van der Waals surface area contributed by atoms with Gasteiger partial charge in [-0.2, -0.15) is 5.10 Å². The number of fused-ring (bicyclic) bond motifs is 1. The molecule has 0 spiro atoms. The molecule has 0 aliphatic carbocycles. The maximum Gasteiger partial charge on any atom is 0.182 e. The lowest BCUT2D eigenvalue weighted by atomic mass is 9.99. The molecular formula is C23H18N4O. The highest BCUT2D eigenvalue weighted by atomic mass is 16.3. The van der Waals surface area contributed by atoms with E-state index in [1.165, 1.54) is 17.5 Å². The second kappa shape index (κ2) is 6.46. The molecule has 0 unspecified atom stereocenters. The SMILES string of the molecule is Cc1cc(-c2ccccc2)cc(C)c1-n1ncnc1-c1cccc2ncoc12. The Morgan fingerprint density at radius 1 is 0.821 bits per heavy atom. The molecule has 0 saturated heterocycles. The predicted octanol–water partition coefficient (Wildman–Crippen LogP) is 5.36. The zero-order valence-corrected chi connectivity index (χ0v) is 15.6. The average Bonchev–Trinajstić information content (AvgIpc) is 3.37. The highest BCUT2D eigenvalue weighted by Crippen LogP contribution is 2.32. The molecule has 5 rings (SSSR count). The molecule has 3 aromatic carbocycles. The van der Waals surface area contributed by atoms with Crippen LogP contribution in [0.5, 0.6) is 0 Å². The third-order valence-corrected chi connectivity index (χ3v) is 4.96. The molecule has 0 atom stereocenters. The second-order valence-electron chi connectivity index (χ2n) is 6.83. The van der Waals surface area contributed by atoms with Crippen molar-refractivity contribution in [3.05, 3.63) is 84.5 Å². The Hall–Kier alpha value is -3.73. The van der Waals surface area contributed by atoms with Crippen molar-refractivity contribution < 1.29 is 4.42 Å². The summed E-state index contributed by atoms with van der Waals surface area (Å²) in [5.41, 5.74) is 8.09. The number of rotatable bonds is 3. The summed E-state index contributed by atoms with van der Waals surface area (Å²) in [7, 11) is 0. The van der Waals surface area contributed by atoms with Crippen LogP contribution in [0.4, 0.5) is 0 Å². The summed E-state index contributed by atoms with van der Waals surface area (Å²) in [5.74, 6) is 0.737. The Bertz CT molecular complexity index is 1260. The number of hydrogen-bond donors (Lipinski definition) is 0. The van der Waals surface area contributed by atoms with E-state index < -0.39 is 0 Å². The number of aromatic nitrogens is 4. The van der Waals surface area contributed by atoms with Crippen LogP contribution in [0.15, 0.2) is 77.8 Å². The van der Waals surface area contributed by atoms with Crippen molar-refractivity contribution in [1.29, 1.82) is 0 Å². The maximum atomic E-state index is 5.61. The van der Waals surface area contributed by atoms with E-state index in [1.54, 1.807) is 6.33 Å². The second-order valence-corrected chi connectivity index (χ2v) is 6.83. The summed E-state index contributed by atoms with van der Waals surface area (Å²) in [4.78, 5) is 8.77. The van der Waals surface area contributed by atoms with Crippen molar-refractivity contribution in [1.82, 2.24) is 19.7 Å². The molecule has 5 aromatic rings. The van der Waals surface area contributed by atoms with Crippen LogP contribution >= 0.6 is 0 Å². The van der Waals surface area contributed by atoms with Gasteiger partial charge in [0.1, 0.15) is 11.8 Å². The van der Waals surface area contributed by atoms with Gasteiger partial charge in [0, 0.05) is 0 Å². The number of hydrogen-bond acceptors (Lipinski definition) is 4. The topological polar surface area (TPSA) is 56.7 Å². The van der Waals surface area contributed by atoms with Crippen molar-refractivity contribution in [2.75, 3.05) is 0 Å². The number of aryl methyl sites for hydroxylation is 2. The van der Waals surface area contributed by atoms with Gasteiger partial charge in [0.05, 0.1) is 11.3 Å². The van der Waals surface area contributed by atoms with Gasteiger partial charge in [-0.25, -0.2) is 14.6 Å². The van der Waals surface area contributed by atoms with E-state index in [0.29, 0.717) is 5.58 Å². The minimum absolute atomic E-state index is 0.716. The number of oxazole rings is 1. The Morgan fingerprint density at radius 2 is 1.61 bits per heavy atom. The zero-order chi connectivity index (χ0) is 19.1. The largest absolute Gasteiger partial charge is 0.443 e. The molecule has 0 aliphatic heterocycles. The van der Waals surface area contributed by atoms with E-state index >= 15 is 0 Å². The first-order chi connectivity index (χ1) is 13.7. The summed E-state index contributed by atoms with van der Waals surface area (Å²) in [6.07, 6.45) is 3.04. The summed E-state index contributed by atoms with van der Waals surface area (Å²) in [6.45, 7) is 4.21. The van der Waals surface area contributed by atoms with E-state index in [4.69, 9.17) is 4.42 Å². The van der Waals surface area contributed by atoms with Crippen LogP contribution in [0.2, 0.25) is 0 Å². The lowest BCUT2D eigenvalue weighted by Gasteiger charge is -2.15. The molecule has 0 fully saturated rings. The van der Waals surface area contributed by atoms with Gasteiger partial charge in [-0.1, -0.05) is 36.4 Å². The molecule has 2 aromatic heterocycles. The van der Waals surface area contributed by atoms with Gasteiger partial charge in [-0.3, -0.25) is 0 Å². The predicted molar refractivity (Wildman–Crippen MR) is 109 cm³/mol. The van der Waals surface area contributed by atoms with E-state index in [1.807, 2.05) is 28.9 Å². The highest BCUT2D eigenvalue weighted by Gasteiger charge is 2.18. The minimum Gasteiger partial charge on any atom is -0.443 e. The number of nitrogens with zero attached hydrogens (tertiary/aromatic N) is 4. The van der Waals surface area contributed by atoms with Crippen LogP contribution in [0.3, 0.4) is 0 Å². The van der Waals surface area contributed by atoms with Crippen LogP contribution in [0, 0.1) is 13.8 Å². The quantitative estimate of drug-likeness (QED) is 0.431. The Labute approximate surface area is 162 Å². The molecular weight excluding hydrogens is 348 g/mol. The van der Waals surface area contributed by atoms with Crippen molar-refractivity contribution in [2.24, 2.45) is 0 Å². The van der Waals surface area contributed by atoms with Crippen LogP contribution in [0.1, 0.15) is 11.1 Å². The molecule has 0 radical (unpaired) electrons. The molecule has 0 bridgehead atoms. The van der Waals surface area contributed by atoms with Crippen LogP contribution in [-0.4, -0.2) is 19.7 Å². The lowest BCUT2D eigenvalue weighted by Crippen LogP contribution is -2.05. The molecule has 0 amide bonds. The van der Waals surface area contributed by atoms with Gasteiger partial charge in [0.2, 0.25) is 0 Å². The lowest BCUT2D eigenvalue weighted by molar-refractivity contribution is 0.602. The van der Waals surface area contributed by atoms with E-state index in [2.05, 4.69) is 65.3 Å². The van der Waals surface area contributed by atoms with Gasteiger partial charge in [-0.05, 0) is 60.4 Å². The summed E-state index contributed by atoms with van der Waals surface area (Å²) in [6, 6.07) is 20.6. The fraction of sp³-hybridized carbons (Fsp3) is 0.0870. The molecule has 0 aliphatic rings. The Kier molecular flexibility index (Phi) is 3.79. The van der Waals surface area contributed by atoms with Crippen molar-refractivity contribution in [2.45, 2.75) is 13.8 Å². The van der Waals surface area contributed by atoms with Crippen LogP contribution < -0.4 is 0 Å². The van der Waals surface area contributed by atoms with Crippen molar-refractivity contribution in [3.63, 3.8) is 0 Å². The van der Waals surface area contributed by atoms with E-state index in [-0.39, 0.29) is 0 Å². The number of para-hydroxylation sites is 1. The van der Waals surface area contributed by atoms with Crippen molar-refractivity contribution in [3.8, 4) is 28.2 Å². The van der Waals surface area contributed by atoms with Gasteiger partial charge in [-0.15, -0.1) is 0 Å². The fourth-order valence-corrected chi connectivity index (χ4v) is 3.74. The molecule has 0 saturated carbocycles. The fourth-order valence-electron chi connectivity index (χ4n) is 3.74. The monoisotopic (exact) mass is 366 g/mol. The molecule has 5 nitrogen and oxygen atoms in total. The third kappa shape index (κ3) is 2.60.